The molecule has 0 bridgehead atoms. The Morgan fingerprint density at radius 1 is 1.36 bits per heavy atom. The number of hydrogen-bond donors (Lipinski definition) is 1. The molecule has 1 N–H and O–H groups in total. The van der Waals surface area contributed by atoms with Gasteiger partial charge in [0.2, 0.25) is 0 Å². The van der Waals surface area contributed by atoms with Gasteiger partial charge in [0.25, 0.3) is 0 Å². The van der Waals surface area contributed by atoms with Gasteiger partial charge in [0.05, 0.1) is 0 Å². The number of H-pyrrole nitrogens is 1. The van der Waals surface area contributed by atoms with Crippen LogP contribution in [0, 0.1) is 11.3 Å². The van der Waals surface area contributed by atoms with Crippen LogP contribution in [0.4, 0.5) is 0 Å². The molecule has 0 aliphatic heterocycles. The third-order valence-corrected chi connectivity index (χ3v) is 2.29. The second-order valence-corrected chi connectivity index (χ2v) is 3.39. The van der Waals surface area contributed by atoms with Crippen molar-refractivity contribution in [1.82, 2.24) is 15.0 Å². The van der Waals surface area contributed by atoms with Crippen molar-refractivity contribution in [3.05, 3.63) is 34.8 Å². The number of nitrogens with one attached hydrogen (secondary N) is 1. The van der Waals surface area contributed by atoms with Crippen LogP contribution in [-0.2, 0) is 0 Å². The normalized spacial score (nSPS) is 9.71. The van der Waals surface area contributed by atoms with Crippen LogP contribution in [-0.4, -0.2) is 15.0 Å². The van der Waals surface area contributed by atoms with E-state index in [2.05, 4.69) is 30.9 Å². The number of halogens is 1. The van der Waals surface area contributed by atoms with Gasteiger partial charge in [-0.05, 0) is 28.1 Å². The van der Waals surface area contributed by atoms with E-state index < -0.39 is 0 Å². The lowest BCUT2D eigenvalue weighted by Gasteiger charge is -1.92. The van der Waals surface area contributed by atoms with Crippen molar-refractivity contribution in [3.63, 3.8) is 0 Å². The number of nitrogens with zero attached hydrogens (tertiary/aromatic N) is 3. The molecule has 0 spiro atoms. The summed E-state index contributed by atoms with van der Waals surface area (Å²) < 4.78 is 0.604. The summed E-state index contributed by atoms with van der Waals surface area (Å²) in [7, 11) is 0. The van der Waals surface area contributed by atoms with Gasteiger partial charge in [-0.3, -0.25) is 4.98 Å². The Balaban J connectivity index is 2.50. The molecule has 0 saturated heterocycles. The number of aromatic nitrogens is 3. The van der Waals surface area contributed by atoms with Crippen molar-refractivity contribution in [1.29, 1.82) is 5.26 Å². The number of nitriles is 1. The highest BCUT2D eigenvalue weighted by Gasteiger charge is 2.07. The minimum Gasteiger partial charge on any atom is -0.332 e. The van der Waals surface area contributed by atoms with Gasteiger partial charge in [-0.15, -0.1) is 0 Å². The van der Waals surface area contributed by atoms with Crippen LogP contribution < -0.4 is 0 Å². The minimum absolute atomic E-state index is 0.358. The van der Waals surface area contributed by atoms with E-state index in [4.69, 9.17) is 5.26 Å². The van der Waals surface area contributed by atoms with Gasteiger partial charge in [0.1, 0.15) is 16.5 Å². The number of pyridine rings is 1. The highest BCUT2D eigenvalue weighted by Crippen LogP contribution is 2.20. The highest BCUT2D eigenvalue weighted by atomic mass is 79.9. The summed E-state index contributed by atoms with van der Waals surface area (Å²) in [5.74, 6) is 0.663. The fraction of sp³-hybridized carbons (Fsp3) is 0. The number of imidazole rings is 1. The van der Waals surface area contributed by atoms with Crippen LogP contribution in [0.1, 0.15) is 5.69 Å². The maximum atomic E-state index is 8.70. The maximum absolute atomic E-state index is 8.70. The van der Waals surface area contributed by atoms with Crippen molar-refractivity contribution < 1.29 is 0 Å². The number of hydrogen-bond acceptors (Lipinski definition) is 3. The van der Waals surface area contributed by atoms with Gasteiger partial charge in [-0.2, -0.15) is 5.26 Å². The second kappa shape index (κ2) is 3.60. The lowest BCUT2D eigenvalue weighted by molar-refractivity contribution is 1.26. The fourth-order valence-corrected chi connectivity index (χ4v) is 1.44. The van der Waals surface area contributed by atoms with Crippen LogP contribution in [0.5, 0.6) is 0 Å². The van der Waals surface area contributed by atoms with E-state index in [0.717, 1.165) is 5.56 Å². The Morgan fingerprint density at radius 3 is 2.64 bits per heavy atom. The van der Waals surface area contributed by atoms with Gasteiger partial charge in [-0.25, -0.2) is 4.98 Å². The SMILES string of the molecule is N#Cc1nc(-c2ccncc2)[nH]c1Br. The molecule has 14 heavy (non-hydrogen) atoms. The van der Waals surface area contributed by atoms with Crippen LogP contribution in [0.3, 0.4) is 0 Å². The van der Waals surface area contributed by atoms with E-state index >= 15 is 0 Å². The molecular weight excluding hydrogens is 244 g/mol. The Kier molecular flexibility index (Phi) is 2.29. The third kappa shape index (κ3) is 1.52. The van der Waals surface area contributed by atoms with E-state index in [1.807, 2.05) is 18.2 Å². The Hall–Kier alpha value is -1.67. The van der Waals surface area contributed by atoms with E-state index in [-0.39, 0.29) is 0 Å². The van der Waals surface area contributed by atoms with Gasteiger partial charge in [-0.1, -0.05) is 0 Å². The molecule has 0 atom stereocenters. The summed E-state index contributed by atoms with van der Waals surface area (Å²) >= 11 is 3.22. The van der Waals surface area contributed by atoms with Crippen molar-refractivity contribution >= 4 is 15.9 Å². The second-order valence-electron chi connectivity index (χ2n) is 2.60. The van der Waals surface area contributed by atoms with Crippen molar-refractivity contribution in [2.45, 2.75) is 0 Å². The first-order chi connectivity index (χ1) is 6.81. The summed E-state index contributed by atoms with van der Waals surface area (Å²) in [4.78, 5) is 11.0. The maximum Gasteiger partial charge on any atom is 0.173 e. The van der Waals surface area contributed by atoms with E-state index in [9.17, 15) is 0 Å². The zero-order chi connectivity index (χ0) is 9.97. The van der Waals surface area contributed by atoms with Crippen LogP contribution >= 0.6 is 15.9 Å². The Labute approximate surface area is 88.8 Å². The molecule has 0 saturated carbocycles. The standard InChI is InChI=1S/C9H5BrN4/c10-8-7(5-11)13-9(14-8)6-1-3-12-4-2-6/h1-4H,(H,13,14). The van der Waals surface area contributed by atoms with Crippen LogP contribution in [0.15, 0.2) is 29.1 Å². The average Bonchev–Trinajstić information content (AvgIpc) is 2.61. The molecule has 5 heteroatoms. The first-order valence-corrected chi connectivity index (χ1v) is 4.66. The lowest BCUT2D eigenvalue weighted by Crippen LogP contribution is -1.80. The average molecular weight is 249 g/mol. The topological polar surface area (TPSA) is 65.4 Å². The minimum atomic E-state index is 0.358. The zero-order valence-corrected chi connectivity index (χ0v) is 8.62. The monoisotopic (exact) mass is 248 g/mol. The molecular formula is C9H5BrN4. The number of rotatable bonds is 1. The third-order valence-electron chi connectivity index (χ3n) is 1.72. The smallest absolute Gasteiger partial charge is 0.173 e. The molecule has 0 amide bonds. The molecule has 4 nitrogen and oxygen atoms in total. The molecule has 0 aliphatic carbocycles. The summed E-state index contributed by atoms with van der Waals surface area (Å²) in [6, 6.07) is 5.63. The van der Waals surface area contributed by atoms with Crippen LogP contribution in [0.2, 0.25) is 0 Å². The predicted molar refractivity (Wildman–Crippen MR) is 54.2 cm³/mol. The summed E-state index contributed by atoms with van der Waals surface area (Å²) in [5, 5.41) is 8.70. The van der Waals surface area contributed by atoms with Gasteiger partial charge >= 0.3 is 0 Å². The van der Waals surface area contributed by atoms with Crippen molar-refractivity contribution in [2.75, 3.05) is 0 Å². The van der Waals surface area contributed by atoms with E-state index in [1.165, 1.54) is 0 Å². The molecule has 2 aromatic rings. The molecule has 2 aromatic heterocycles. The lowest BCUT2D eigenvalue weighted by atomic mass is 10.2. The molecule has 0 radical (unpaired) electrons. The summed E-state index contributed by atoms with van der Waals surface area (Å²) in [5.41, 5.74) is 1.26. The predicted octanol–water partition coefficient (Wildman–Crippen LogP) is 2.11. The van der Waals surface area contributed by atoms with Crippen molar-refractivity contribution in [3.8, 4) is 17.5 Å². The van der Waals surface area contributed by atoms with Gasteiger partial charge in [0, 0.05) is 18.0 Å². The molecule has 2 rings (SSSR count). The largest absolute Gasteiger partial charge is 0.332 e. The highest BCUT2D eigenvalue weighted by molar-refractivity contribution is 9.10. The zero-order valence-electron chi connectivity index (χ0n) is 7.03. The Bertz CT molecular complexity index is 483. The first kappa shape index (κ1) is 8.91. The Morgan fingerprint density at radius 2 is 2.07 bits per heavy atom. The van der Waals surface area contributed by atoms with Gasteiger partial charge < -0.3 is 4.98 Å². The molecule has 2 heterocycles. The molecule has 68 valence electrons. The van der Waals surface area contributed by atoms with Crippen molar-refractivity contribution in [2.24, 2.45) is 0 Å². The molecule has 0 aromatic carbocycles. The molecule has 0 unspecified atom stereocenters. The summed E-state index contributed by atoms with van der Waals surface area (Å²) in [6.45, 7) is 0. The number of aromatic amines is 1. The molecule has 0 fully saturated rings. The fourth-order valence-electron chi connectivity index (χ4n) is 1.07. The quantitative estimate of drug-likeness (QED) is 0.841. The first-order valence-electron chi connectivity index (χ1n) is 3.87. The molecule has 0 aliphatic rings. The van der Waals surface area contributed by atoms with Crippen LogP contribution in [0.25, 0.3) is 11.4 Å². The van der Waals surface area contributed by atoms with E-state index in [1.54, 1.807) is 12.4 Å². The van der Waals surface area contributed by atoms with Gasteiger partial charge in [0.15, 0.2) is 5.69 Å². The summed E-state index contributed by atoms with van der Waals surface area (Å²) in [6.07, 6.45) is 3.36. The van der Waals surface area contributed by atoms with E-state index in [0.29, 0.717) is 16.1 Å².